The zero-order valence-corrected chi connectivity index (χ0v) is 19.8. The Bertz CT molecular complexity index is 1160. The summed E-state index contributed by atoms with van der Waals surface area (Å²) in [6.07, 6.45) is 11.3. The van der Waals surface area contributed by atoms with Crippen LogP contribution in [0.2, 0.25) is 0 Å². The van der Waals surface area contributed by atoms with Crippen LogP contribution in [0, 0.1) is 0 Å². The number of allylic oxidation sites excluding steroid dienone is 3. The van der Waals surface area contributed by atoms with E-state index in [0.29, 0.717) is 30.6 Å². The summed E-state index contributed by atoms with van der Waals surface area (Å²) in [7, 11) is 3.51. The Morgan fingerprint density at radius 2 is 2.09 bits per heavy atom. The molecule has 2 fully saturated rings. The van der Waals surface area contributed by atoms with Gasteiger partial charge in [0.2, 0.25) is 11.9 Å². The highest BCUT2D eigenvalue weighted by Gasteiger charge is 2.26. The number of anilines is 1. The van der Waals surface area contributed by atoms with Crippen molar-refractivity contribution in [2.45, 2.75) is 31.7 Å². The first kappa shape index (κ1) is 23.3. The van der Waals surface area contributed by atoms with Crippen molar-refractivity contribution in [3.05, 3.63) is 54.3 Å². The lowest BCUT2D eigenvalue weighted by Crippen LogP contribution is -2.46. The highest BCUT2D eigenvalue weighted by molar-refractivity contribution is 5.97. The lowest BCUT2D eigenvalue weighted by Gasteiger charge is -2.29. The molecule has 10 nitrogen and oxygen atoms in total. The van der Waals surface area contributed by atoms with Crippen LogP contribution >= 0.6 is 0 Å². The third-order valence-corrected chi connectivity index (χ3v) is 6.19. The van der Waals surface area contributed by atoms with E-state index in [9.17, 15) is 9.59 Å². The smallest absolute Gasteiger partial charge is 0.270 e. The van der Waals surface area contributed by atoms with Crippen molar-refractivity contribution < 1.29 is 9.59 Å². The van der Waals surface area contributed by atoms with E-state index in [4.69, 9.17) is 10.7 Å². The van der Waals surface area contributed by atoms with Gasteiger partial charge >= 0.3 is 0 Å². The molecule has 4 N–H and O–H groups in total. The predicted octanol–water partition coefficient (Wildman–Crippen LogP) is 1.96. The molecule has 1 aliphatic heterocycles. The van der Waals surface area contributed by atoms with Crippen molar-refractivity contribution >= 4 is 28.8 Å². The summed E-state index contributed by atoms with van der Waals surface area (Å²) >= 11 is 0. The Morgan fingerprint density at radius 1 is 1.32 bits per heavy atom. The molecule has 0 aromatic carbocycles. The van der Waals surface area contributed by atoms with Gasteiger partial charge in [0.1, 0.15) is 17.2 Å². The summed E-state index contributed by atoms with van der Waals surface area (Å²) in [5.41, 5.74) is 8.35. The monoisotopic (exact) mass is 464 g/mol. The molecule has 4 rings (SSSR count). The van der Waals surface area contributed by atoms with Crippen LogP contribution in [0.1, 0.15) is 42.2 Å². The van der Waals surface area contributed by atoms with Crippen LogP contribution in [0.4, 0.5) is 5.95 Å². The van der Waals surface area contributed by atoms with Gasteiger partial charge in [0.25, 0.3) is 5.91 Å². The molecule has 10 heteroatoms. The molecule has 34 heavy (non-hydrogen) atoms. The first-order valence-electron chi connectivity index (χ1n) is 11.6. The second-order valence-corrected chi connectivity index (χ2v) is 8.82. The Hall–Kier alpha value is -3.82. The summed E-state index contributed by atoms with van der Waals surface area (Å²) < 4.78 is 2.06. The van der Waals surface area contributed by atoms with Crippen LogP contribution in [-0.4, -0.2) is 69.9 Å². The number of rotatable bonds is 7. The molecule has 2 aliphatic rings. The predicted molar refractivity (Wildman–Crippen MR) is 132 cm³/mol. The molecule has 0 radical (unpaired) electrons. The number of carbonyl (C=O) groups excluding carboxylic acids is 2. The molecule has 0 spiro atoms. The van der Waals surface area contributed by atoms with Crippen LogP contribution in [-0.2, 0) is 4.79 Å². The summed E-state index contributed by atoms with van der Waals surface area (Å²) in [5.74, 6) is 0.637. The zero-order chi connectivity index (χ0) is 24.2. The number of nitrogens with one attached hydrogen (secondary N) is 2. The summed E-state index contributed by atoms with van der Waals surface area (Å²) in [6, 6.07) is 2.11. The Morgan fingerprint density at radius 3 is 2.76 bits per heavy atom. The summed E-state index contributed by atoms with van der Waals surface area (Å²) in [4.78, 5) is 37.2. The van der Waals surface area contributed by atoms with Crippen molar-refractivity contribution in [1.29, 1.82) is 0 Å². The second-order valence-electron chi connectivity index (χ2n) is 8.82. The van der Waals surface area contributed by atoms with Crippen LogP contribution in [0.3, 0.4) is 0 Å². The van der Waals surface area contributed by atoms with E-state index in [0.717, 1.165) is 42.4 Å². The van der Waals surface area contributed by atoms with Gasteiger partial charge < -0.3 is 30.7 Å². The van der Waals surface area contributed by atoms with Crippen molar-refractivity contribution in [3.8, 4) is 0 Å². The van der Waals surface area contributed by atoms with E-state index >= 15 is 0 Å². The van der Waals surface area contributed by atoms with Gasteiger partial charge in [-0.05, 0) is 37.1 Å². The highest BCUT2D eigenvalue weighted by atomic mass is 16.2. The minimum absolute atomic E-state index is 0.0202. The van der Waals surface area contributed by atoms with E-state index in [1.165, 1.54) is 0 Å². The van der Waals surface area contributed by atoms with Crippen LogP contribution in [0.15, 0.2) is 48.6 Å². The molecule has 180 valence electrons. The third kappa shape index (κ3) is 4.90. The Balaban J connectivity index is 1.60. The Labute approximate surface area is 199 Å². The Kier molecular flexibility index (Phi) is 6.85. The number of nitrogens with zero attached hydrogens (tertiary/aromatic N) is 5. The molecule has 2 aromatic rings. The molecule has 1 saturated heterocycles. The molecular formula is C24H32N8O2. The molecule has 3 heterocycles. The van der Waals surface area contributed by atoms with Crippen molar-refractivity contribution in [2.75, 3.05) is 39.0 Å². The van der Waals surface area contributed by atoms with Crippen molar-refractivity contribution in [3.63, 3.8) is 0 Å². The van der Waals surface area contributed by atoms with Crippen LogP contribution in [0.25, 0.3) is 11.0 Å². The lowest BCUT2D eigenvalue weighted by atomic mass is 10.2. The van der Waals surface area contributed by atoms with Crippen LogP contribution in [0.5, 0.6) is 0 Å². The minimum Gasteiger partial charge on any atom is -0.385 e. The maximum absolute atomic E-state index is 12.9. The zero-order valence-electron chi connectivity index (χ0n) is 19.8. The molecule has 2 amide bonds. The highest BCUT2D eigenvalue weighted by Crippen LogP contribution is 2.34. The summed E-state index contributed by atoms with van der Waals surface area (Å²) in [5, 5.41) is 6.66. The lowest BCUT2D eigenvalue weighted by molar-refractivity contribution is -0.123. The maximum Gasteiger partial charge on any atom is 0.270 e. The van der Waals surface area contributed by atoms with E-state index in [1.54, 1.807) is 37.3 Å². The van der Waals surface area contributed by atoms with Gasteiger partial charge in [0.15, 0.2) is 0 Å². The number of nitrogens with two attached hydrogens (primary N) is 1. The number of amides is 2. The first-order chi connectivity index (χ1) is 16.4. The van der Waals surface area contributed by atoms with Gasteiger partial charge in [-0.1, -0.05) is 19.4 Å². The number of piperazine rings is 1. The minimum atomic E-state index is -0.0488. The number of aromatic nitrogens is 3. The molecule has 2 aromatic heterocycles. The normalized spacial score (nSPS) is 17.7. The van der Waals surface area contributed by atoms with Gasteiger partial charge in [-0.15, -0.1) is 0 Å². The largest absolute Gasteiger partial charge is 0.385 e. The second kappa shape index (κ2) is 9.98. The van der Waals surface area contributed by atoms with E-state index < -0.39 is 0 Å². The van der Waals surface area contributed by atoms with Crippen LogP contribution < -0.4 is 16.4 Å². The average molecular weight is 465 g/mol. The fourth-order valence-electron chi connectivity index (χ4n) is 4.50. The van der Waals surface area contributed by atoms with Gasteiger partial charge in [-0.2, -0.15) is 4.98 Å². The van der Waals surface area contributed by atoms with Gasteiger partial charge in [-0.3, -0.25) is 9.59 Å². The maximum atomic E-state index is 12.9. The fourth-order valence-corrected chi connectivity index (χ4v) is 4.50. The average Bonchev–Trinajstić information content (AvgIpc) is 3.46. The van der Waals surface area contributed by atoms with E-state index in [1.807, 2.05) is 17.0 Å². The van der Waals surface area contributed by atoms with Gasteiger partial charge in [0.05, 0.1) is 6.54 Å². The first-order valence-corrected chi connectivity index (χ1v) is 11.6. The van der Waals surface area contributed by atoms with Gasteiger partial charge in [0, 0.05) is 50.5 Å². The van der Waals surface area contributed by atoms with E-state index in [-0.39, 0.29) is 24.4 Å². The molecule has 0 unspecified atom stereocenters. The van der Waals surface area contributed by atoms with Crippen molar-refractivity contribution in [2.24, 2.45) is 5.73 Å². The molecular weight excluding hydrogens is 432 g/mol. The number of fused-ring (bicyclic) bond motifs is 1. The molecule has 0 atom stereocenters. The quantitative estimate of drug-likeness (QED) is 0.536. The van der Waals surface area contributed by atoms with Crippen molar-refractivity contribution in [1.82, 2.24) is 29.7 Å². The number of hydrogen-bond acceptors (Lipinski definition) is 7. The molecule has 0 bridgehead atoms. The topological polar surface area (TPSA) is 121 Å². The number of carbonyl (C=O) groups is 2. The van der Waals surface area contributed by atoms with Gasteiger partial charge in [-0.25, -0.2) is 4.98 Å². The molecule has 1 aliphatic carbocycles. The SMILES string of the molecule is C=C/C(=C\C=C(/N)Nc1ncc2cc(C(=O)N(C)C)n(C3CCCC3)c2n1)N1CCNC(=O)C1. The fraction of sp³-hybridized carbons (Fsp3) is 0.417. The number of hydrogen-bond donors (Lipinski definition) is 3. The summed E-state index contributed by atoms with van der Waals surface area (Å²) in [6.45, 7) is 5.42. The molecule has 1 saturated carbocycles. The van der Waals surface area contributed by atoms with E-state index in [2.05, 4.69) is 26.8 Å². The standard InChI is InChI=1S/C24H32N8O2/c1-4-17(31-12-11-26-21(33)15-31)9-10-20(25)28-24-27-14-16-13-19(23(34)30(2)3)32(22(16)29-24)18-7-5-6-8-18/h4,9-10,13-14,18H,1,5-8,11-12,15,25H2,2-3H3,(H,26,33)(H,27,28,29)/b17-9+,20-10+. The third-order valence-electron chi connectivity index (χ3n) is 6.19.